The minimum atomic E-state index is -4.28. The quantitative estimate of drug-likeness (QED) is 0.849. The molecule has 0 radical (unpaired) electrons. The van der Waals surface area contributed by atoms with Crippen LogP contribution in [0.5, 0.6) is 0 Å². The molecule has 1 aliphatic carbocycles. The van der Waals surface area contributed by atoms with E-state index in [4.69, 9.17) is 11.6 Å². The van der Waals surface area contributed by atoms with Crippen LogP contribution in [0.15, 0.2) is 18.3 Å². The number of halogens is 4. The van der Waals surface area contributed by atoms with Gasteiger partial charge in [0.15, 0.2) is 0 Å². The molecule has 1 heterocycles. The molecule has 110 valence electrons. The molecule has 0 aliphatic heterocycles. The molecule has 0 unspecified atom stereocenters. The summed E-state index contributed by atoms with van der Waals surface area (Å²) >= 11 is 5.60. The standard InChI is InChI=1S/C13H14ClF3N2O/c14-11-6-5-8(7-18-11)12(20)19-10-4-2-1-3-9(10)13(15,16)17/h5-7,9-10H,1-4H2,(H,19,20)/t9-,10+/m0/s1. The second-order valence-electron chi connectivity index (χ2n) is 4.88. The number of alkyl halides is 3. The van der Waals surface area contributed by atoms with E-state index in [1.54, 1.807) is 0 Å². The Hall–Kier alpha value is -1.30. The molecule has 1 fully saturated rings. The molecule has 0 saturated heterocycles. The number of nitrogens with zero attached hydrogens (tertiary/aromatic N) is 1. The smallest absolute Gasteiger partial charge is 0.349 e. The molecule has 1 saturated carbocycles. The minimum Gasteiger partial charge on any atom is -0.349 e. The van der Waals surface area contributed by atoms with Crippen molar-refractivity contribution in [1.82, 2.24) is 10.3 Å². The molecule has 0 aromatic carbocycles. The maximum atomic E-state index is 12.9. The first-order chi connectivity index (χ1) is 9.38. The van der Waals surface area contributed by atoms with E-state index in [2.05, 4.69) is 10.3 Å². The molecule has 1 N–H and O–H groups in total. The van der Waals surface area contributed by atoms with Crippen molar-refractivity contribution < 1.29 is 18.0 Å². The summed E-state index contributed by atoms with van der Waals surface area (Å²) in [5, 5.41) is 2.70. The minimum absolute atomic E-state index is 0.0628. The Kier molecular flexibility index (Phi) is 4.52. The lowest BCUT2D eigenvalue weighted by molar-refractivity contribution is -0.187. The van der Waals surface area contributed by atoms with E-state index in [0.717, 1.165) is 0 Å². The Morgan fingerprint density at radius 1 is 1.30 bits per heavy atom. The summed E-state index contributed by atoms with van der Waals surface area (Å²) in [4.78, 5) is 15.7. The fourth-order valence-corrected chi connectivity index (χ4v) is 2.57. The van der Waals surface area contributed by atoms with Crippen LogP contribution in [0.3, 0.4) is 0 Å². The van der Waals surface area contributed by atoms with Gasteiger partial charge in [0, 0.05) is 12.2 Å². The van der Waals surface area contributed by atoms with E-state index in [0.29, 0.717) is 19.3 Å². The highest BCUT2D eigenvalue weighted by Gasteiger charge is 2.45. The van der Waals surface area contributed by atoms with Crippen LogP contribution in [0, 0.1) is 5.92 Å². The molecule has 7 heteroatoms. The first kappa shape index (κ1) is 15.1. The van der Waals surface area contributed by atoms with E-state index in [1.807, 2.05) is 0 Å². The summed E-state index contributed by atoms with van der Waals surface area (Å²) in [5.41, 5.74) is 0.209. The summed E-state index contributed by atoms with van der Waals surface area (Å²) in [7, 11) is 0. The van der Waals surface area contributed by atoms with Crippen molar-refractivity contribution in [3.8, 4) is 0 Å². The third-order valence-corrected chi connectivity index (χ3v) is 3.72. The summed E-state index contributed by atoms with van der Waals surface area (Å²) in [6, 6.07) is 2.00. The fraction of sp³-hybridized carbons (Fsp3) is 0.538. The molecule has 3 nitrogen and oxygen atoms in total. The lowest BCUT2D eigenvalue weighted by Crippen LogP contribution is -2.47. The number of aromatic nitrogens is 1. The molecule has 20 heavy (non-hydrogen) atoms. The number of hydrogen-bond acceptors (Lipinski definition) is 2. The first-order valence-corrected chi connectivity index (χ1v) is 6.75. The van der Waals surface area contributed by atoms with E-state index in [1.165, 1.54) is 18.3 Å². The molecule has 1 amide bonds. The predicted molar refractivity (Wildman–Crippen MR) is 68.5 cm³/mol. The molecule has 2 rings (SSSR count). The highest BCUT2D eigenvalue weighted by molar-refractivity contribution is 6.29. The van der Waals surface area contributed by atoms with Gasteiger partial charge in [0.2, 0.25) is 0 Å². The van der Waals surface area contributed by atoms with Gasteiger partial charge in [0.05, 0.1) is 11.5 Å². The average Bonchev–Trinajstić information content (AvgIpc) is 2.38. The van der Waals surface area contributed by atoms with Gasteiger partial charge in [-0.15, -0.1) is 0 Å². The van der Waals surface area contributed by atoms with Gasteiger partial charge in [-0.2, -0.15) is 13.2 Å². The van der Waals surface area contributed by atoms with Crippen LogP contribution in [0.1, 0.15) is 36.0 Å². The van der Waals surface area contributed by atoms with Gasteiger partial charge in [0.25, 0.3) is 5.91 Å². The maximum Gasteiger partial charge on any atom is 0.393 e. The van der Waals surface area contributed by atoms with Crippen LogP contribution in [0.4, 0.5) is 13.2 Å². The van der Waals surface area contributed by atoms with Crippen molar-refractivity contribution in [1.29, 1.82) is 0 Å². The van der Waals surface area contributed by atoms with E-state index >= 15 is 0 Å². The monoisotopic (exact) mass is 306 g/mol. The van der Waals surface area contributed by atoms with Crippen molar-refractivity contribution in [2.24, 2.45) is 5.92 Å². The fourth-order valence-electron chi connectivity index (χ4n) is 2.46. The summed E-state index contributed by atoms with van der Waals surface area (Å²) in [6.07, 6.45) is -1.39. The molecule has 1 aromatic heterocycles. The number of amides is 1. The number of carbonyl (C=O) groups excluding carboxylic acids is 1. The van der Waals surface area contributed by atoms with Crippen LogP contribution >= 0.6 is 11.6 Å². The van der Waals surface area contributed by atoms with Crippen molar-refractivity contribution in [2.45, 2.75) is 37.9 Å². The van der Waals surface area contributed by atoms with Gasteiger partial charge in [-0.25, -0.2) is 4.98 Å². The van der Waals surface area contributed by atoms with Crippen molar-refractivity contribution in [3.63, 3.8) is 0 Å². The van der Waals surface area contributed by atoms with Crippen LogP contribution in [0.25, 0.3) is 0 Å². The second kappa shape index (κ2) is 5.99. The second-order valence-corrected chi connectivity index (χ2v) is 5.27. The number of rotatable bonds is 2. The third kappa shape index (κ3) is 3.62. The topological polar surface area (TPSA) is 42.0 Å². The van der Waals surface area contributed by atoms with Gasteiger partial charge < -0.3 is 5.32 Å². The number of carbonyl (C=O) groups is 1. The largest absolute Gasteiger partial charge is 0.393 e. The van der Waals surface area contributed by atoms with Crippen molar-refractivity contribution in [2.75, 3.05) is 0 Å². The molecule has 0 bridgehead atoms. The van der Waals surface area contributed by atoms with Gasteiger partial charge >= 0.3 is 6.18 Å². The van der Waals surface area contributed by atoms with Crippen molar-refractivity contribution >= 4 is 17.5 Å². The van der Waals surface area contributed by atoms with Crippen LogP contribution in [0.2, 0.25) is 5.15 Å². The zero-order valence-corrected chi connectivity index (χ0v) is 11.3. The van der Waals surface area contributed by atoms with Gasteiger partial charge in [0.1, 0.15) is 5.15 Å². The van der Waals surface area contributed by atoms with E-state index in [-0.39, 0.29) is 17.1 Å². The lowest BCUT2D eigenvalue weighted by Gasteiger charge is -2.33. The molecule has 0 spiro atoms. The molecule has 1 aliphatic rings. The molecular formula is C13H14ClF3N2O. The van der Waals surface area contributed by atoms with Gasteiger partial charge in [-0.1, -0.05) is 24.4 Å². The highest BCUT2D eigenvalue weighted by atomic mass is 35.5. The number of nitrogens with one attached hydrogen (secondary N) is 1. The number of hydrogen-bond donors (Lipinski definition) is 1. The van der Waals surface area contributed by atoms with E-state index < -0.39 is 24.0 Å². The Bertz CT molecular complexity index is 475. The third-order valence-electron chi connectivity index (χ3n) is 3.49. The van der Waals surface area contributed by atoms with Crippen molar-refractivity contribution in [3.05, 3.63) is 29.0 Å². The normalized spacial score (nSPS) is 23.4. The average molecular weight is 307 g/mol. The summed E-state index contributed by atoms with van der Waals surface area (Å²) in [5.74, 6) is -2.02. The Morgan fingerprint density at radius 3 is 2.60 bits per heavy atom. The zero-order chi connectivity index (χ0) is 14.8. The van der Waals surface area contributed by atoms with Crippen LogP contribution in [-0.4, -0.2) is 23.1 Å². The molecule has 2 atom stereocenters. The Balaban J connectivity index is 2.07. The van der Waals surface area contributed by atoms with E-state index in [9.17, 15) is 18.0 Å². The Morgan fingerprint density at radius 2 is 2.00 bits per heavy atom. The predicted octanol–water partition coefficient (Wildman–Crippen LogP) is 3.59. The number of pyridine rings is 1. The summed E-state index contributed by atoms with van der Waals surface area (Å²) < 4.78 is 38.7. The lowest BCUT2D eigenvalue weighted by atomic mass is 9.84. The van der Waals surface area contributed by atoms with Gasteiger partial charge in [-0.05, 0) is 25.0 Å². The molecular weight excluding hydrogens is 293 g/mol. The molecule has 1 aromatic rings. The van der Waals surface area contributed by atoms with Gasteiger partial charge in [-0.3, -0.25) is 4.79 Å². The van der Waals surface area contributed by atoms with Crippen LogP contribution < -0.4 is 5.32 Å². The Labute approximate surface area is 119 Å². The van der Waals surface area contributed by atoms with Crippen LogP contribution in [-0.2, 0) is 0 Å². The SMILES string of the molecule is O=C(N[C@@H]1CCCC[C@@H]1C(F)(F)F)c1ccc(Cl)nc1. The highest BCUT2D eigenvalue weighted by Crippen LogP contribution is 2.37. The zero-order valence-electron chi connectivity index (χ0n) is 10.6. The maximum absolute atomic E-state index is 12.9. The first-order valence-electron chi connectivity index (χ1n) is 6.37. The summed E-state index contributed by atoms with van der Waals surface area (Å²) in [6.45, 7) is 0.